The van der Waals surface area contributed by atoms with Crippen LogP contribution < -0.4 is 16.0 Å². The molecule has 2 aromatic heterocycles. The number of aliphatic hydroxyl groups is 1. The van der Waals surface area contributed by atoms with Crippen molar-refractivity contribution in [1.29, 1.82) is 0 Å². The van der Waals surface area contributed by atoms with E-state index < -0.39 is 0 Å². The van der Waals surface area contributed by atoms with Crippen LogP contribution in [0.15, 0.2) is 18.3 Å². The van der Waals surface area contributed by atoms with Gasteiger partial charge < -0.3 is 26.0 Å². The molecule has 10 heteroatoms. The fraction of sp³-hybridized carbons (Fsp3) is 0.680. The van der Waals surface area contributed by atoms with Gasteiger partial charge >= 0.3 is 6.03 Å². The predicted molar refractivity (Wildman–Crippen MR) is 133 cm³/mol. The van der Waals surface area contributed by atoms with Gasteiger partial charge in [0, 0.05) is 48.0 Å². The molecule has 4 heterocycles. The third kappa shape index (κ3) is 4.94. The number of aromatic nitrogens is 4. The molecule has 0 radical (unpaired) electrons. The van der Waals surface area contributed by atoms with Crippen molar-refractivity contribution in [2.24, 2.45) is 0 Å². The number of nitrogens with zero attached hydrogens (tertiary/aromatic N) is 4. The number of aromatic amines is 1. The molecular formula is C25H36N8O2. The van der Waals surface area contributed by atoms with E-state index in [1.165, 1.54) is 0 Å². The Kier molecular flexibility index (Phi) is 6.22. The number of fused-ring (bicyclic) bond motifs is 2. The van der Waals surface area contributed by atoms with Crippen LogP contribution in [0.1, 0.15) is 82.2 Å². The molecule has 7 rings (SSSR count). The zero-order valence-corrected chi connectivity index (χ0v) is 20.1. The smallest absolute Gasteiger partial charge is 0.318 e. The van der Waals surface area contributed by atoms with Crippen molar-refractivity contribution in [3.63, 3.8) is 0 Å². The number of rotatable bonds is 1. The highest BCUT2D eigenvalue weighted by Gasteiger charge is 2.39. The summed E-state index contributed by atoms with van der Waals surface area (Å²) in [6.45, 7) is 0. The van der Waals surface area contributed by atoms with Gasteiger partial charge in [-0.1, -0.05) is 0 Å². The topological polar surface area (TPSA) is 131 Å². The van der Waals surface area contributed by atoms with Gasteiger partial charge in [-0.3, -0.25) is 5.10 Å². The number of aliphatic hydroxyl groups excluding tert-OH is 1. The molecule has 3 fully saturated rings. The summed E-state index contributed by atoms with van der Waals surface area (Å²) in [5, 5.41) is 27.9. The number of carbonyl (C=O) groups excluding carboxylic acids is 1. The lowest BCUT2D eigenvalue weighted by Gasteiger charge is -2.41. The quantitative estimate of drug-likeness (QED) is 0.421. The molecule has 5 aliphatic rings. The largest absolute Gasteiger partial charge is 0.393 e. The summed E-state index contributed by atoms with van der Waals surface area (Å²) in [4.78, 5) is 24.9. The maximum absolute atomic E-state index is 13.7. The van der Waals surface area contributed by atoms with Gasteiger partial charge in [0.2, 0.25) is 5.95 Å². The van der Waals surface area contributed by atoms with E-state index in [-0.39, 0.29) is 30.3 Å². The van der Waals surface area contributed by atoms with E-state index >= 15 is 0 Å². The standard InChI is InChI=1S/C25H36N8O2/c34-20-3-1-2-17(13-20)28-25(35)33-18-8-5-16(6-9-18)27-24-26-11-10-22(30-24)29-23-14-21(31-32-23)15-4-7-19(33)12-15/h10-11,14-20,34H,1-9,12-13H2,(H,28,35)(H3,26,27,29,30,31,32)/t15?,16?,17-,18?,19?,20-/m1/s1. The first-order valence-electron chi connectivity index (χ1n) is 13.3. The average molecular weight is 481 g/mol. The fourth-order valence-electron chi connectivity index (χ4n) is 6.59. The van der Waals surface area contributed by atoms with Crippen molar-refractivity contribution in [2.75, 3.05) is 10.6 Å². The van der Waals surface area contributed by atoms with Crippen LogP contribution >= 0.6 is 0 Å². The first kappa shape index (κ1) is 22.6. The molecule has 5 N–H and O–H groups in total. The number of urea groups is 1. The Morgan fingerprint density at radius 1 is 1.03 bits per heavy atom. The van der Waals surface area contributed by atoms with E-state index in [0.717, 1.165) is 81.5 Å². The van der Waals surface area contributed by atoms with Gasteiger partial charge in [-0.2, -0.15) is 10.1 Å². The Morgan fingerprint density at radius 2 is 1.89 bits per heavy atom. The summed E-state index contributed by atoms with van der Waals surface area (Å²) in [5.74, 6) is 2.43. The number of H-pyrrole nitrogens is 1. The van der Waals surface area contributed by atoms with Gasteiger partial charge in [0.05, 0.1) is 6.10 Å². The van der Waals surface area contributed by atoms with E-state index in [9.17, 15) is 9.90 Å². The van der Waals surface area contributed by atoms with Gasteiger partial charge in [-0.15, -0.1) is 0 Å². The minimum absolute atomic E-state index is 0.0512. The molecule has 2 aliphatic heterocycles. The highest BCUT2D eigenvalue weighted by atomic mass is 16.3. The molecule has 0 spiro atoms. The van der Waals surface area contributed by atoms with Crippen LogP contribution in [0.5, 0.6) is 0 Å². The van der Waals surface area contributed by atoms with E-state index in [4.69, 9.17) is 0 Å². The number of hydrogen-bond acceptors (Lipinski definition) is 7. The molecule has 2 aromatic rings. The lowest BCUT2D eigenvalue weighted by molar-refractivity contribution is 0.0970. The lowest BCUT2D eigenvalue weighted by atomic mass is 9.89. The summed E-state index contributed by atoms with van der Waals surface area (Å²) < 4.78 is 0. The minimum Gasteiger partial charge on any atom is -0.393 e. The molecule has 3 saturated carbocycles. The second kappa shape index (κ2) is 9.64. The Bertz CT molecular complexity index is 1040. The van der Waals surface area contributed by atoms with Crippen molar-refractivity contribution in [1.82, 2.24) is 30.4 Å². The third-order valence-electron chi connectivity index (χ3n) is 8.38. The average Bonchev–Trinajstić information content (AvgIpc) is 3.50. The zero-order valence-electron chi connectivity index (χ0n) is 20.1. The maximum Gasteiger partial charge on any atom is 0.318 e. The summed E-state index contributed by atoms with van der Waals surface area (Å²) in [6.07, 6.45) is 11.7. The molecule has 2 unspecified atom stereocenters. The van der Waals surface area contributed by atoms with Crippen molar-refractivity contribution in [3.05, 3.63) is 24.0 Å². The highest BCUT2D eigenvalue weighted by molar-refractivity contribution is 5.75. The summed E-state index contributed by atoms with van der Waals surface area (Å²) in [6, 6.07) is 4.76. The summed E-state index contributed by atoms with van der Waals surface area (Å²) >= 11 is 0. The van der Waals surface area contributed by atoms with Crippen LogP contribution in [0.25, 0.3) is 0 Å². The molecule has 8 bridgehead atoms. The Morgan fingerprint density at radius 3 is 2.74 bits per heavy atom. The number of nitrogens with one attached hydrogen (secondary N) is 4. The van der Waals surface area contributed by atoms with Gasteiger partial charge in [-0.05, 0) is 76.7 Å². The van der Waals surface area contributed by atoms with Gasteiger partial charge in [0.25, 0.3) is 0 Å². The van der Waals surface area contributed by atoms with Crippen LogP contribution in [-0.4, -0.2) is 66.5 Å². The molecule has 0 aromatic carbocycles. The molecule has 0 saturated heterocycles. The van der Waals surface area contributed by atoms with Crippen molar-refractivity contribution in [3.8, 4) is 0 Å². The molecule has 35 heavy (non-hydrogen) atoms. The van der Waals surface area contributed by atoms with Crippen LogP contribution in [0.4, 0.5) is 22.4 Å². The maximum atomic E-state index is 13.7. The number of amides is 2. The van der Waals surface area contributed by atoms with Crippen LogP contribution in [-0.2, 0) is 0 Å². The molecule has 10 nitrogen and oxygen atoms in total. The molecular weight excluding hydrogens is 444 g/mol. The summed E-state index contributed by atoms with van der Waals surface area (Å²) in [7, 11) is 0. The normalized spacial score (nSPS) is 32.5. The van der Waals surface area contributed by atoms with E-state index in [2.05, 4.69) is 47.1 Å². The second-order valence-corrected chi connectivity index (χ2v) is 10.8. The molecule has 2 amide bonds. The van der Waals surface area contributed by atoms with Crippen molar-refractivity contribution in [2.45, 2.75) is 107 Å². The monoisotopic (exact) mass is 480 g/mol. The van der Waals surface area contributed by atoms with Gasteiger partial charge in [0.15, 0.2) is 5.82 Å². The predicted octanol–water partition coefficient (Wildman–Crippen LogP) is 3.63. The second-order valence-electron chi connectivity index (χ2n) is 10.8. The minimum atomic E-state index is -0.303. The molecule has 188 valence electrons. The van der Waals surface area contributed by atoms with E-state index in [1.807, 2.05) is 6.07 Å². The number of hydrogen-bond donors (Lipinski definition) is 5. The van der Waals surface area contributed by atoms with Crippen LogP contribution in [0.2, 0.25) is 0 Å². The lowest BCUT2D eigenvalue weighted by Crippen LogP contribution is -2.55. The highest BCUT2D eigenvalue weighted by Crippen LogP contribution is 2.40. The van der Waals surface area contributed by atoms with Gasteiger partial charge in [-0.25, -0.2) is 9.78 Å². The third-order valence-corrected chi connectivity index (χ3v) is 8.38. The van der Waals surface area contributed by atoms with Crippen LogP contribution in [0, 0.1) is 0 Å². The molecule has 3 aliphatic carbocycles. The Balaban J connectivity index is 1.26. The first-order chi connectivity index (χ1) is 17.1. The van der Waals surface area contributed by atoms with Gasteiger partial charge in [0.1, 0.15) is 5.82 Å². The van der Waals surface area contributed by atoms with E-state index in [1.54, 1.807) is 6.20 Å². The number of carbonyl (C=O) groups is 1. The van der Waals surface area contributed by atoms with Crippen LogP contribution in [0.3, 0.4) is 0 Å². The zero-order chi connectivity index (χ0) is 23.8. The first-order valence-corrected chi connectivity index (χ1v) is 13.3. The molecule has 4 atom stereocenters. The van der Waals surface area contributed by atoms with Crippen molar-refractivity contribution < 1.29 is 9.90 Å². The fourth-order valence-corrected chi connectivity index (χ4v) is 6.59. The van der Waals surface area contributed by atoms with Crippen molar-refractivity contribution >= 4 is 23.6 Å². The Labute approximate surface area is 205 Å². The Hall–Kier alpha value is -2.88. The summed E-state index contributed by atoms with van der Waals surface area (Å²) in [5.41, 5.74) is 1.11. The number of anilines is 3. The van der Waals surface area contributed by atoms with E-state index in [0.29, 0.717) is 24.3 Å². The SMILES string of the molecule is O=C(N[C@@H]1CCC[C@@H](O)C1)N1C2CCC(CC2)Nc2nccc(n2)Nc2cc([nH]n2)C2CCC1C2.